The van der Waals surface area contributed by atoms with E-state index in [9.17, 15) is 4.79 Å². The van der Waals surface area contributed by atoms with Gasteiger partial charge in [-0.3, -0.25) is 0 Å². The molecule has 0 aliphatic rings. The Bertz CT molecular complexity index is 791. The van der Waals surface area contributed by atoms with Gasteiger partial charge >= 0.3 is 5.97 Å². The van der Waals surface area contributed by atoms with Gasteiger partial charge < -0.3 is 5.11 Å². The first kappa shape index (κ1) is 13.3. The highest BCUT2D eigenvalue weighted by Crippen LogP contribution is 2.15. The Labute approximate surface area is 121 Å². The third kappa shape index (κ3) is 2.63. The molecule has 3 aromatic rings. The Morgan fingerprint density at radius 2 is 1.86 bits per heavy atom. The molecule has 106 valence electrons. The molecule has 0 atom stereocenters. The number of aromatic carboxylic acids is 1. The van der Waals surface area contributed by atoms with E-state index < -0.39 is 5.97 Å². The number of nitrogens with zero attached hydrogens (tertiary/aromatic N) is 3. The molecule has 1 N–H and O–H groups in total. The minimum atomic E-state index is -0.957. The highest BCUT2D eigenvalue weighted by atomic mass is 16.4. The third-order valence-electron chi connectivity index (χ3n) is 3.52. The molecule has 0 saturated carbocycles. The van der Waals surface area contributed by atoms with E-state index in [2.05, 4.69) is 41.5 Å². The van der Waals surface area contributed by atoms with E-state index in [1.807, 2.05) is 0 Å². The number of carboxylic acids is 1. The molecule has 0 spiro atoms. The number of benzene rings is 2. The topological polar surface area (TPSA) is 68.0 Å². The van der Waals surface area contributed by atoms with Crippen LogP contribution in [0.4, 0.5) is 0 Å². The molecule has 1 heterocycles. The molecule has 0 fully saturated rings. The van der Waals surface area contributed by atoms with Crippen LogP contribution < -0.4 is 0 Å². The molecule has 0 unspecified atom stereocenters. The van der Waals surface area contributed by atoms with Crippen LogP contribution in [0.3, 0.4) is 0 Å². The molecule has 0 amide bonds. The normalized spacial score (nSPS) is 10.9. The van der Waals surface area contributed by atoms with Crippen molar-refractivity contribution in [3.63, 3.8) is 0 Å². The zero-order valence-electron chi connectivity index (χ0n) is 11.7. The lowest BCUT2D eigenvalue weighted by Crippen LogP contribution is -2.02. The maximum absolute atomic E-state index is 10.9. The molecule has 0 bridgehead atoms. The van der Waals surface area contributed by atoms with E-state index in [1.165, 1.54) is 5.56 Å². The van der Waals surface area contributed by atoms with Crippen LogP contribution in [-0.2, 0) is 13.0 Å². The Kier molecular flexibility index (Phi) is 3.39. The molecule has 21 heavy (non-hydrogen) atoms. The Morgan fingerprint density at radius 3 is 2.52 bits per heavy atom. The number of carboxylic acid groups (broad SMARTS) is 1. The first-order chi connectivity index (χ1) is 10.2. The maximum Gasteiger partial charge on any atom is 0.335 e. The summed E-state index contributed by atoms with van der Waals surface area (Å²) in [6.07, 6.45) is 1.02. The SMILES string of the molecule is CCc1ccc(Cn2nnc3cc(C(=O)O)ccc32)cc1. The Balaban J connectivity index is 1.91. The summed E-state index contributed by atoms with van der Waals surface area (Å²) in [6.45, 7) is 2.74. The second-order valence-corrected chi connectivity index (χ2v) is 4.93. The molecule has 3 rings (SSSR count). The van der Waals surface area contributed by atoms with Gasteiger partial charge in [-0.1, -0.05) is 36.4 Å². The van der Waals surface area contributed by atoms with Gasteiger partial charge in [0.15, 0.2) is 0 Å². The largest absolute Gasteiger partial charge is 0.478 e. The minimum absolute atomic E-state index is 0.224. The van der Waals surface area contributed by atoms with Crippen molar-refractivity contribution in [3.05, 3.63) is 59.2 Å². The third-order valence-corrected chi connectivity index (χ3v) is 3.52. The monoisotopic (exact) mass is 281 g/mol. The van der Waals surface area contributed by atoms with Gasteiger partial charge in [0, 0.05) is 0 Å². The van der Waals surface area contributed by atoms with E-state index in [1.54, 1.807) is 22.9 Å². The fraction of sp³-hybridized carbons (Fsp3) is 0.188. The van der Waals surface area contributed by atoms with Gasteiger partial charge in [0.25, 0.3) is 0 Å². The van der Waals surface area contributed by atoms with Crippen LogP contribution in [0, 0.1) is 0 Å². The van der Waals surface area contributed by atoms with Gasteiger partial charge in [-0.15, -0.1) is 5.10 Å². The van der Waals surface area contributed by atoms with Crippen molar-refractivity contribution in [2.24, 2.45) is 0 Å². The first-order valence-corrected chi connectivity index (χ1v) is 6.81. The van der Waals surface area contributed by atoms with Gasteiger partial charge in [-0.05, 0) is 35.7 Å². The van der Waals surface area contributed by atoms with E-state index in [-0.39, 0.29) is 5.56 Å². The molecule has 0 saturated heterocycles. The number of aryl methyl sites for hydroxylation is 1. The summed E-state index contributed by atoms with van der Waals surface area (Å²) >= 11 is 0. The molecular weight excluding hydrogens is 266 g/mol. The summed E-state index contributed by atoms with van der Waals surface area (Å²) in [5.41, 5.74) is 4.09. The number of carbonyl (C=O) groups is 1. The molecule has 0 aliphatic carbocycles. The summed E-state index contributed by atoms with van der Waals surface area (Å²) in [4.78, 5) is 10.9. The Hall–Kier alpha value is -2.69. The van der Waals surface area contributed by atoms with Crippen molar-refractivity contribution in [1.82, 2.24) is 15.0 Å². The predicted molar refractivity (Wildman–Crippen MR) is 79.4 cm³/mol. The van der Waals surface area contributed by atoms with Crippen molar-refractivity contribution in [2.75, 3.05) is 0 Å². The number of rotatable bonds is 4. The number of fused-ring (bicyclic) bond motifs is 1. The average Bonchev–Trinajstić information content (AvgIpc) is 2.90. The number of hydrogen-bond donors (Lipinski definition) is 1. The van der Waals surface area contributed by atoms with Crippen LogP contribution in [0.1, 0.15) is 28.4 Å². The summed E-state index contributed by atoms with van der Waals surface area (Å²) in [5.74, 6) is -0.957. The van der Waals surface area contributed by atoms with Crippen LogP contribution >= 0.6 is 0 Å². The standard InChI is InChI=1S/C16H15N3O2/c1-2-11-3-5-12(6-4-11)10-19-15-8-7-13(16(20)21)9-14(15)17-18-19/h3-9H,2,10H2,1H3,(H,20,21). The van der Waals surface area contributed by atoms with Gasteiger partial charge in [-0.25, -0.2) is 9.48 Å². The van der Waals surface area contributed by atoms with Gasteiger partial charge in [0.2, 0.25) is 0 Å². The van der Waals surface area contributed by atoms with Crippen LogP contribution in [0.2, 0.25) is 0 Å². The lowest BCUT2D eigenvalue weighted by Gasteiger charge is -2.04. The van der Waals surface area contributed by atoms with E-state index >= 15 is 0 Å². The molecule has 1 aromatic heterocycles. The Morgan fingerprint density at radius 1 is 1.14 bits per heavy atom. The fourth-order valence-corrected chi connectivity index (χ4v) is 2.28. The second kappa shape index (κ2) is 5.36. The van der Waals surface area contributed by atoms with Crippen LogP contribution in [0.15, 0.2) is 42.5 Å². The highest BCUT2D eigenvalue weighted by Gasteiger charge is 2.09. The van der Waals surface area contributed by atoms with Gasteiger partial charge in [0.05, 0.1) is 17.6 Å². The molecular formula is C16H15N3O2. The average molecular weight is 281 g/mol. The van der Waals surface area contributed by atoms with Gasteiger partial charge in [-0.2, -0.15) is 0 Å². The maximum atomic E-state index is 10.9. The smallest absolute Gasteiger partial charge is 0.335 e. The van der Waals surface area contributed by atoms with Crippen molar-refractivity contribution in [2.45, 2.75) is 19.9 Å². The zero-order valence-corrected chi connectivity index (χ0v) is 11.7. The summed E-state index contributed by atoms with van der Waals surface area (Å²) in [5, 5.41) is 17.1. The highest BCUT2D eigenvalue weighted by molar-refractivity contribution is 5.92. The van der Waals surface area contributed by atoms with Crippen molar-refractivity contribution in [3.8, 4) is 0 Å². The van der Waals surface area contributed by atoms with Crippen LogP contribution in [-0.4, -0.2) is 26.1 Å². The molecule has 2 aromatic carbocycles. The summed E-state index contributed by atoms with van der Waals surface area (Å²) < 4.78 is 1.78. The van der Waals surface area contributed by atoms with Gasteiger partial charge in [0.1, 0.15) is 5.52 Å². The predicted octanol–water partition coefficient (Wildman–Crippen LogP) is 2.74. The van der Waals surface area contributed by atoms with Crippen LogP contribution in [0.25, 0.3) is 11.0 Å². The van der Waals surface area contributed by atoms with Crippen molar-refractivity contribution < 1.29 is 9.90 Å². The summed E-state index contributed by atoms with van der Waals surface area (Å²) in [6, 6.07) is 13.2. The van der Waals surface area contributed by atoms with E-state index in [0.29, 0.717) is 12.1 Å². The molecule has 0 aliphatic heterocycles. The first-order valence-electron chi connectivity index (χ1n) is 6.81. The number of hydrogen-bond acceptors (Lipinski definition) is 3. The van der Waals surface area contributed by atoms with Crippen molar-refractivity contribution in [1.29, 1.82) is 0 Å². The lowest BCUT2D eigenvalue weighted by molar-refractivity contribution is 0.0697. The van der Waals surface area contributed by atoms with E-state index in [0.717, 1.165) is 17.5 Å². The fourth-order valence-electron chi connectivity index (χ4n) is 2.28. The lowest BCUT2D eigenvalue weighted by atomic mass is 10.1. The molecule has 0 radical (unpaired) electrons. The van der Waals surface area contributed by atoms with Crippen molar-refractivity contribution >= 4 is 17.0 Å². The quantitative estimate of drug-likeness (QED) is 0.798. The summed E-state index contributed by atoms with van der Waals surface area (Å²) in [7, 11) is 0. The molecule has 5 nitrogen and oxygen atoms in total. The molecule has 5 heteroatoms. The number of aromatic nitrogens is 3. The van der Waals surface area contributed by atoms with E-state index in [4.69, 9.17) is 5.11 Å². The second-order valence-electron chi connectivity index (χ2n) is 4.93. The zero-order chi connectivity index (χ0) is 14.8. The van der Waals surface area contributed by atoms with Crippen LogP contribution in [0.5, 0.6) is 0 Å². The minimum Gasteiger partial charge on any atom is -0.478 e.